The van der Waals surface area contributed by atoms with Gasteiger partial charge in [0.15, 0.2) is 29.0 Å². The second kappa shape index (κ2) is 12.7. The maximum absolute atomic E-state index is 14.4. The number of nitrogens with one attached hydrogen (secondary N) is 2. The van der Waals surface area contributed by atoms with Crippen molar-refractivity contribution in [1.82, 2.24) is 9.88 Å². The van der Waals surface area contributed by atoms with Crippen LogP contribution in [0.3, 0.4) is 0 Å². The zero-order valence-electron chi connectivity index (χ0n) is 20.9. The quantitative estimate of drug-likeness (QED) is 0.201. The molecule has 40 heavy (non-hydrogen) atoms. The van der Waals surface area contributed by atoms with Crippen LogP contribution in [0.2, 0.25) is 0 Å². The Labute approximate surface area is 226 Å². The number of carbonyl (C=O) groups is 2. The number of fused-ring (bicyclic) bond motifs is 1. The smallest absolute Gasteiger partial charge is 0.263 e. The Bertz CT molecular complexity index is 1540. The van der Waals surface area contributed by atoms with Crippen LogP contribution >= 0.6 is 0 Å². The summed E-state index contributed by atoms with van der Waals surface area (Å²) in [4.78, 5) is 36.4. The molecule has 0 saturated carbocycles. The predicted molar refractivity (Wildman–Crippen MR) is 139 cm³/mol. The van der Waals surface area contributed by atoms with Gasteiger partial charge in [-0.25, -0.2) is 17.6 Å². The molecule has 1 aliphatic heterocycles. The van der Waals surface area contributed by atoms with E-state index in [0.29, 0.717) is 5.69 Å². The molecule has 0 spiro atoms. The molecule has 1 aliphatic rings. The van der Waals surface area contributed by atoms with Gasteiger partial charge in [-0.15, -0.1) is 0 Å². The minimum absolute atomic E-state index is 0.00210. The standard InChI is InChI=1S/C23H17F4N3O4.C6H6/c24-15-8-12(9-16(25)21(15)27)11-30-6-1-2-13(23(30)33)22(32)28-5-7-34-18-4-3-17-14(20(18)26)10-19(31)29-17;1-2-4-6-5-3-1/h1-4,6,8-9H,5,7,10-11H2,(H,28,32)(H,29,31);1-6H. The average Bonchev–Trinajstić information content (AvgIpc) is 3.34. The SMILES string of the molecule is O=C1Cc2c(ccc(OCCNC(=O)c3cccn(Cc4cc(F)c(F)c(F)c4)c3=O)c2F)N1.c1ccccc1. The average molecular weight is 554 g/mol. The first-order valence-electron chi connectivity index (χ1n) is 12.1. The van der Waals surface area contributed by atoms with E-state index < -0.39 is 34.7 Å². The molecular weight excluding hydrogens is 530 g/mol. The molecule has 2 amide bonds. The molecule has 2 heterocycles. The highest BCUT2D eigenvalue weighted by atomic mass is 19.2. The monoisotopic (exact) mass is 553 g/mol. The van der Waals surface area contributed by atoms with Gasteiger partial charge in [0.1, 0.15) is 12.2 Å². The molecular formula is C29H23F4N3O4. The Morgan fingerprint density at radius 2 is 1.55 bits per heavy atom. The Morgan fingerprint density at radius 3 is 2.20 bits per heavy atom. The van der Waals surface area contributed by atoms with Gasteiger partial charge in [-0.3, -0.25) is 14.4 Å². The van der Waals surface area contributed by atoms with E-state index in [2.05, 4.69) is 10.6 Å². The molecule has 3 aromatic carbocycles. The summed E-state index contributed by atoms with van der Waals surface area (Å²) in [5, 5.41) is 4.99. The third-order valence-corrected chi connectivity index (χ3v) is 5.79. The van der Waals surface area contributed by atoms with Crippen LogP contribution in [0.15, 0.2) is 83.8 Å². The number of benzene rings is 3. The lowest BCUT2D eigenvalue weighted by molar-refractivity contribution is -0.115. The van der Waals surface area contributed by atoms with E-state index in [1.54, 1.807) is 0 Å². The van der Waals surface area contributed by atoms with Crippen molar-refractivity contribution in [3.8, 4) is 5.75 Å². The summed E-state index contributed by atoms with van der Waals surface area (Å²) in [6, 6.07) is 19.1. The lowest BCUT2D eigenvalue weighted by Gasteiger charge is -2.11. The van der Waals surface area contributed by atoms with Crippen molar-refractivity contribution in [2.75, 3.05) is 18.5 Å². The van der Waals surface area contributed by atoms with E-state index in [9.17, 15) is 31.9 Å². The summed E-state index contributed by atoms with van der Waals surface area (Å²) < 4.78 is 60.8. The Morgan fingerprint density at radius 1 is 0.900 bits per heavy atom. The second-order valence-corrected chi connectivity index (χ2v) is 8.62. The van der Waals surface area contributed by atoms with Crippen molar-refractivity contribution in [3.05, 3.63) is 129 Å². The van der Waals surface area contributed by atoms with Gasteiger partial charge in [0, 0.05) is 17.4 Å². The number of rotatable bonds is 7. The summed E-state index contributed by atoms with van der Waals surface area (Å²) in [6.45, 7) is -0.459. The lowest BCUT2D eigenvalue weighted by atomic mass is 10.1. The molecule has 5 rings (SSSR count). The highest BCUT2D eigenvalue weighted by molar-refractivity contribution is 5.99. The highest BCUT2D eigenvalue weighted by Gasteiger charge is 2.24. The fourth-order valence-corrected chi connectivity index (χ4v) is 3.89. The third kappa shape index (κ3) is 6.73. The van der Waals surface area contributed by atoms with Crippen LogP contribution in [0, 0.1) is 23.3 Å². The molecule has 0 radical (unpaired) electrons. The molecule has 0 bridgehead atoms. The van der Waals surface area contributed by atoms with Gasteiger partial charge < -0.3 is 19.9 Å². The molecule has 4 aromatic rings. The number of anilines is 1. The van der Waals surface area contributed by atoms with Crippen LogP contribution in [0.5, 0.6) is 5.75 Å². The van der Waals surface area contributed by atoms with E-state index in [0.717, 1.165) is 16.7 Å². The number of ether oxygens (including phenoxy) is 1. The third-order valence-electron chi connectivity index (χ3n) is 5.79. The van der Waals surface area contributed by atoms with Crippen molar-refractivity contribution in [3.63, 3.8) is 0 Å². The fourth-order valence-electron chi connectivity index (χ4n) is 3.89. The maximum Gasteiger partial charge on any atom is 0.263 e. The van der Waals surface area contributed by atoms with Crippen molar-refractivity contribution < 1.29 is 31.9 Å². The van der Waals surface area contributed by atoms with E-state index >= 15 is 0 Å². The first-order chi connectivity index (χ1) is 19.2. The van der Waals surface area contributed by atoms with Crippen LogP contribution in [0.25, 0.3) is 0 Å². The molecule has 7 nitrogen and oxygen atoms in total. The zero-order valence-corrected chi connectivity index (χ0v) is 20.9. The number of pyridine rings is 1. The van der Waals surface area contributed by atoms with Gasteiger partial charge in [-0.2, -0.15) is 0 Å². The molecule has 2 N–H and O–H groups in total. The van der Waals surface area contributed by atoms with E-state index in [4.69, 9.17) is 4.74 Å². The molecule has 0 aliphatic carbocycles. The minimum Gasteiger partial charge on any atom is -0.489 e. The van der Waals surface area contributed by atoms with Gasteiger partial charge in [0.05, 0.1) is 19.5 Å². The van der Waals surface area contributed by atoms with Crippen LogP contribution in [-0.4, -0.2) is 29.5 Å². The second-order valence-electron chi connectivity index (χ2n) is 8.62. The van der Waals surface area contributed by atoms with Gasteiger partial charge in [-0.05, 0) is 42.0 Å². The number of hydrogen-bond acceptors (Lipinski definition) is 4. The predicted octanol–water partition coefficient (Wildman–Crippen LogP) is 4.44. The number of aromatic nitrogens is 1. The van der Waals surface area contributed by atoms with E-state index in [-0.39, 0.29) is 54.5 Å². The molecule has 0 atom stereocenters. The number of carbonyl (C=O) groups excluding carboxylic acids is 2. The van der Waals surface area contributed by atoms with Crippen molar-refractivity contribution in [2.45, 2.75) is 13.0 Å². The number of halogens is 4. The van der Waals surface area contributed by atoms with Crippen LogP contribution in [0.4, 0.5) is 23.2 Å². The molecule has 0 fully saturated rings. The van der Waals surface area contributed by atoms with E-state index in [1.165, 1.54) is 30.5 Å². The van der Waals surface area contributed by atoms with Crippen molar-refractivity contribution in [1.29, 1.82) is 0 Å². The largest absolute Gasteiger partial charge is 0.489 e. The summed E-state index contributed by atoms with van der Waals surface area (Å²) in [5.74, 6) is -6.19. The topological polar surface area (TPSA) is 89.4 Å². The van der Waals surface area contributed by atoms with Crippen molar-refractivity contribution in [2.24, 2.45) is 0 Å². The molecule has 1 aromatic heterocycles. The van der Waals surface area contributed by atoms with E-state index in [1.807, 2.05) is 36.4 Å². The first kappa shape index (κ1) is 28.1. The van der Waals surface area contributed by atoms with Crippen LogP contribution < -0.4 is 20.9 Å². The van der Waals surface area contributed by atoms with Crippen molar-refractivity contribution >= 4 is 17.5 Å². The highest BCUT2D eigenvalue weighted by Crippen LogP contribution is 2.31. The van der Waals surface area contributed by atoms with Crippen LogP contribution in [0.1, 0.15) is 21.5 Å². The van der Waals surface area contributed by atoms with Gasteiger partial charge >= 0.3 is 0 Å². The summed E-state index contributed by atoms with van der Waals surface area (Å²) in [7, 11) is 0. The van der Waals surface area contributed by atoms with Gasteiger partial charge in [0.2, 0.25) is 5.91 Å². The molecule has 11 heteroatoms. The lowest BCUT2D eigenvalue weighted by Crippen LogP contribution is -2.35. The molecule has 0 saturated heterocycles. The minimum atomic E-state index is -1.61. The Kier molecular flexibility index (Phi) is 8.95. The zero-order chi connectivity index (χ0) is 28.6. The van der Waals surface area contributed by atoms with Gasteiger partial charge in [0.25, 0.3) is 11.5 Å². The van der Waals surface area contributed by atoms with Gasteiger partial charge in [-0.1, -0.05) is 36.4 Å². The molecule has 206 valence electrons. The normalized spacial score (nSPS) is 11.7. The number of amides is 2. The maximum atomic E-state index is 14.4. The summed E-state index contributed by atoms with van der Waals surface area (Å²) in [6.07, 6.45) is 1.23. The summed E-state index contributed by atoms with van der Waals surface area (Å²) in [5.41, 5.74) is -0.378. The molecule has 0 unspecified atom stereocenters. The number of nitrogens with zero attached hydrogens (tertiary/aromatic N) is 1. The summed E-state index contributed by atoms with van der Waals surface area (Å²) >= 11 is 0. The number of hydrogen-bond donors (Lipinski definition) is 2. The van der Waals surface area contributed by atoms with Crippen LogP contribution in [-0.2, 0) is 17.8 Å². The fraction of sp³-hybridized carbons (Fsp3) is 0.138. The Balaban J connectivity index is 0.000000546. The Hall–Kier alpha value is -4.93. The first-order valence-corrected chi connectivity index (χ1v) is 12.1.